The first kappa shape index (κ1) is 16.3. The summed E-state index contributed by atoms with van der Waals surface area (Å²) in [4.78, 5) is 12.7. The van der Waals surface area contributed by atoms with Gasteiger partial charge in [0.15, 0.2) is 0 Å². The number of carbonyl (C=O) groups is 1. The fraction of sp³-hybridized carbons (Fsp3) is 0.150. The number of hydrogen-bond acceptors (Lipinski definition) is 2. The maximum absolute atomic E-state index is 12.7. The van der Waals surface area contributed by atoms with E-state index in [-0.39, 0.29) is 5.91 Å². The maximum Gasteiger partial charge on any atom is 0.255 e. The summed E-state index contributed by atoms with van der Waals surface area (Å²) in [5.41, 5.74) is 4.32. The predicted molar refractivity (Wildman–Crippen MR) is 98.4 cm³/mol. The number of halogens is 1. The molecule has 0 aliphatic carbocycles. The van der Waals surface area contributed by atoms with Crippen LogP contribution in [-0.2, 0) is 11.2 Å². The monoisotopic (exact) mass is 339 g/mol. The van der Waals surface area contributed by atoms with Crippen molar-refractivity contribution in [2.45, 2.75) is 20.3 Å². The molecule has 1 heterocycles. The maximum atomic E-state index is 12.7. The third kappa shape index (κ3) is 3.36. The molecule has 2 aromatic carbocycles. The Hall–Kier alpha value is -2.52. The number of fused-ring (bicyclic) bond motifs is 1. The second-order valence-electron chi connectivity index (χ2n) is 5.62. The lowest BCUT2D eigenvalue weighted by atomic mass is 10.0. The molecule has 4 heteroatoms. The van der Waals surface area contributed by atoms with Gasteiger partial charge in [-0.2, -0.15) is 0 Å². The molecule has 0 bridgehead atoms. The average Bonchev–Trinajstić information content (AvgIpc) is 2.78. The summed E-state index contributed by atoms with van der Waals surface area (Å²) < 4.78 is 5.53. The fourth-order valence-corrected chi connectivity index (χ4v) is 2.85. The number of anilines is 1. The zero-order chi connectivity index (χ0) is 17.1. The fourth-order valence-electron chi connectivity index (χ4n) is 2.66. The van der Waals surface area contributed by atoms with Gasteiger partial charge in [0.1, 0.15) is 5.75 Å². The van der Waals surface area contributed by atoms with Crippen molar-refractivity contribution in [2.75, 3.05) is 5.32 Å². The Morgan fingerprint density at radius 1 is 1.25 bits per heavy atom. The number of ether oxygens (including phenoxy) is 1. The lowest BCUT2D eigenvalue weighted by molar-refractivity contribution is -0.112. The number of benzene rings is 2. The summed E-state index contributed by atoms with van der Waals surface area (Å²) in [6.07, 6.45) is 5.81. The topological polar surface area (TPSA) is 38.3 Å². The number of hydrogen-bond donors (Lipinski definition) is 1. The van der Waals surface area contributed by atoms with E-state index >= 15 is 0 Å². The summed E-state index contributed by atoms with van der Waals surface area (Å²) in [6, 6.07) is 11.3. The third-order valence-corrected chi connectivity index (χ3v) is 4.20. The van der Waals surface area contributed by atoms with Crippen molar-refractivity contribution in [1.82, 2.24) is 0 Å². The Morgan fingerprint density at radius 2 is 2.08 bits per heavy atom. The van der Waals surface area contributed by atoms with Crippen molar-refractivity contribution in [3.8, 4) is 5.75 Å². The van der Waals surface area contributed by atoms with Crippen LogP contribution in [0.1, 0.15) is 23.6 Å². The molecule has 3 nitrogen and oxygen atoms in total. The summed E-state index contributed by atoms with van der Waals surface area (Å²) >= 11 is 6.04. The van der Waals surface area contributed by atoms with Crippen molar-refractivity contribution in [3.63, 3.8) is 0 Å². The molecule has 0 radical (unpaired) electrons. The molecule has 1 aliphatic heterocycles. The van der Waals surface area contributed by atoms with E-state index < -0.39 is 0 Å². The van der Waals surface area contributed by atoms with Gasteiger partial charge in [0.2, 0.25) is 0 Å². The summed E-state index contributed by atoms with van der Waals surface area (Å²) in [7, 11) is 0. The number of nitrogens with one attached hydrogen (secondary N) is 1. The van der Waals surface area contributed by atoms with Gasteiger partial charge in [-0.25, -0.2) is 0 Å². The minimum absolute atomic E-state index is 0.174. The number of carbonyl (C=O) groups excluding carboxylic acids is 1. The van der Waals surface area contributed by atoms with Gasteiger partial charge in [-0.1, -0.05) is 36.7 Å². The van der Waals surface area contributed by atoms with Gasteiger partial charge in [0, 0.05) is 21.8 Å². The molecule has 122 valence electrons. The lowest BCUT2D eigenvalue weighted by Crippen LogP contribution is -2.15. The van der Waals surface area contributed by atoms with Crippen molar-refractivity contribution in [2.24, 2.45) is 0 Å². The van der Waals surface area contributed by atoms with Gasteiger partial charge in [0.25, 0.3) is 5.91 Å². The quantitative estimate of drug-likeness (QED) is 0.840. The van der Waals surface area contributed by atoms with Crippen LogP contribution in [0, 0.1) is 6.92 Å². The molecule has 1 aliphatic rings. The second-order valence-corrected chi connectivity index (χ2v) is 6.06. The molecule has 24 heavy (non-hydrogen) atoms. The second kappa shape index (κ2) is 6.93. The van der Waals surface area contributed by atoms with Crippen LogP contribution in [0.5, 0.6) is 5.75 Å². The first-order valence-corrected chi connectivity index (χ1v) is 8.20. The van der Waals surface area contributed by atoms with E-state index in [0.717, 1.165) is 28.8 Å². The Labute approximate surface area is 146 Å². The van der Waals surface area contributed by atoms with Crippen molar-refractivity contribution in [1.29, 1.82) is 0 Å². The number of aryl methyl sites for hydroxylation is 2. The Morgan fingerprint density at radius 3 is 2.88 bits per heavy atom. The van der Waals surface area contributed by atoms with Gasteiger partial charge in [-0.3, -0.25) is 4.79 Å². The highest BCUT2D eigenvalue weighted by Crippen LogP contribution is 2.29. The molecule has 0 aromatic heterocycles. The van der Waals surface area contributed by atoms with Gasteiger partial charge >= 0.3 is 0 Å². The third-order valence-electron chi connectivity index (χ3n) is 3.97. The molecule has 0 spiro atoms. The van der Waals surface area contributed by atoms with Crippen LogP contribution in [-0.4, -0.2) is 5.91 Å². The van der Waals surface area contributed by atoms with E-state index in [1.807, 2.05) is 25.1 Å². The molecule has 1 N–H and O–H groups in total. The van der Waals surface area contributed by atoms with Gasteiger partial charge in [-0.15, -0.1) is 0 Å². The van der Waals surface area contributed by atoms with Gasteiger partial charge in [-0.05, 0) is 54.8 Å². The van der Waals surface area contributed by atoms with E-state index in [1.54, 1.807) is 30.4 Å². The number of para-hydroxylation sites is 1. The highest BCUT2D eigenvalue weighted by atomic mass is 35.5. The van der Waals surface area contributed by atoms with E-state index in [4.69, 9.17) is 16.3 Å². The molecule has 0 saturated heterocycles. The van der Waals surface area contributed by atoms with Gasteiger partial charge in [0.05, 0.1) is 6.26 Å². The van der Waals surface area contributed by atoms with Gasteiger partial charge < -0.3 is 10.1 Å². The number of rotatable bonds is 3. The van der Waals surface area contributed by atoms with Crippen LogP contribution in [0.3, 0.4) is 0 Å². The molecule has 3 rings (SSSR count). The van der Waals surface area contributed by atoms with E-state index in [2.05, 4.69) is 12.2 Å². The van der Waals surface area contributed by atoms with Crippen molar-refractivity contribution >= 4 is 29.3 Å². The van der Waals surface area contributed by atoms with Crippen LogP contribution in [0.25, 0.3) is 6.08 Å². The van der Waals surface area contributed by atoms with E-state index in [1.165, 1.54) is 6.26 Å². The summed E-state index contributed by atoms with van der Waals surface area (Å²) in [5, 5.41) is 3.63. The Bertz CT molecular complexity index is 853. The van der Waals surface area contributed by atoms with Crippen LogP contribution in [0.4, 0.5) is 5.69 Å². The van der Waals surface area contributed by atoms with E-state index in [9.17, 15) is 4.79 Å². The molecule has 1 amide bonds. The van der Waals surface area contributed by atoms with Crippen molar-refractivity contribution < 1.29 is 9.53 Å². The minimum Gasteiger partial charge on any atom is -0.464 e. The van der Waals surface area contributed by atoms with Crippen LogP contribution in [0.15, 0.2) is 54.3 Å². The largest absolute Gasteiger partial charge is 0.464 e. The first-order chi connectivity index (χ1) is 11.6. The Balaban J connectivity index is 1.93. The summed E-state index contributed by atoms with van der Waals surface area (Å²) in [5.74, 6) is 0.496. The molecule has 0 saturated carbocycles. The lowest BCUT2D eigenvalue weighted by Gasteiger charge is -2.13. The first-order valence-electron chi connectivity index (χ1n) is 7.83. The molecule has 2 aromatic rings. The van der Waals surface area contributed by atoms with Crippen LogP contribution < -0.4 is 10.1 Å². The van der Waals surface area contributed by atoms with Crippen LogP contribution >= 0.6 is 11.6 Å². The predicted octanol–water partition coefficient (Wildman–Crippen LogP) is 5.14. The minimum atomic E-state index is -0.174. The summed E-state index contributed by atoms with van der Waals surface area (Å²) in [6.45, 7) is 4.06. The van der Waals surface area contributed by atoms with E-state index in [0.29, 0.717) is 16.3 Å². The molecular weight excluding hydrogens is 322 g/mol. The normalized spacial score (nSPS) is 12.7. The van der Waals surface area contributed by atoms with Crippen molar-refractivity contribution in [3.05, 3.63) is 76.0 Å². The van der Waals surface area contributed by atoms with Crippen LogP contribution in [0.2, 0.25) is 5.02 Å². The molecule has 0 unspecified atom stereocenters. The highest BCUT2D eigenvalue weighted by Gasteiger charge is 2.14. The zero-order valence-electron chi connectivity index (χ0n) is 13.6. The average molecular weight is 340 g/mol. The Kier molecular flexibility index (Phi) is 4.72. The zero-order valence-corrected chi connectivity index (χ0v) is 14.4. The SMILES string of the molecule is CCc1cccc(C)c1NC(=O)C1=Cc2cc(Cl)ccc2OC=C1. The smallest absolute Gasteiger partial charge is 0.255 e. The molecular formula is C20H18ClNO2. The molecule has 0 atom stereocenters. The number of amides is 1. The standard InChI is InChI=1S/C20H18ClNO2/c1-3-14-6-4-5-13(2)19(14)22-20(23)15-9-10-24-18-8-7-17(21)12-16(18)11-15/h4-12H,3H2,1-2H3,(H,22,23). The highest BCUT2D eigenvalue weighted by molar-refractivity contribution is 6.30. The molecule has 0 fully saturated rings.